The number of benzene rings is 2. The fourth-order valence-electron chi connectivity index (χ4n) is 2.43. The number of hydrogen-bond donors (Lipinski definition) is 4. The van der Waals surface area contributed by atoms with Crippen LogP contribution in [0, 0.1) is 10.8 Å². The average molecular weight is 335 g/mol. The van der Waals surface area contributed by atoms with E-state index < -0.39 is 0 Å². The lowest BCUT2D eigenvalue weighted by atomic mass is 10.0. The van der Waals surface area contributed by atoms with Crippen LogP contribution in [0.3, 0.4) is 0 Å². The van der Waals surface area contributed by atoms with Gasteiger partial charge in [0.05, 0.1) is 12.7 Å². The van der Waals surface area contributed by atoms with Crippen LogP contribution in [0.4, 0.5) is 0 Å². The summed E-state index contributed by atoms with van der Waals surface area (Å²) in [5, 5.41) is 19.1. The highest BCUT2D eigenvalue weighted by Crippen LogP contribution is 2.33. The summed E-state index contributed by atoms with van der Waals surface area (Å²) in [7, 11) is 1.56. The molecule has 0 saturated carbocycles. The molecule has 1 aromatic heterocycles. The van der Waals surface area contributed by atoms with Crippen molar-refractivity contribution in [2.75, 3.05) is 7.11 Å². The largest absolute Gasteiger partial charge is 0.496 e. The molecule has 6 N–H and O–H groups in total. The maximum atomic E-state index is 7.58. The molecular formula is C18H17N5O2. The Morgan fingerprint density at radius 1 is 0.960 bits per heavy atom. The fraction of sp³-hybridized carbons (Fsp3) is 0.0556. The molecule has 0 atom stereocenters. The van der Waals surface area contributed by atoms with Gasteiger partial charge in [-0.1, -0.05) is 29.4 Å². The molecule has 0 aliphatic rings. The van der Waals surface area contributed by atoms with Crippen LogP contribution in [0.2, 0.25) is 0 Å². The van der Waals surface area contributed by atoms with Crippen molar-refractivity contribution in [1.82, 2.24) is 5.16 Å². The molecule has 7 heteroatoms. The van der Waals surface area contributed by atoms with Crippen LogP contribution in [0.15, 0.2) is 53.1 Å². The minimum Gasteiger partial charge on any atom is -0.496 e. The van der Waals surface area contributed by atoms with Crippen molar-refractivity contribution >= 4 is 11.7 Å². The van der Waals surface area contributed by atoms with E-state index in [4.69, 9.17) is 31.5 Å². The van der Waals surface area contributed by atoms with Gasteiger partial charge in [-0.3, -0.25) is 10.8 Å². The average Bonchev–Trinajstić information content (AvgIpc) is 3.11. The van der Waals surface area contributed by atoms with Crippen LogP contribution in [-0.4, -0.2) is 23.9 Å². The van der Waals surface area contributed by atoms with Gasteiger partial charge >= 0.3 is 0 Å². The van der Waals surface area contributed by atoms with E-state index in [1.54, 1.807) is 43.5 Å². The zero-order valence-corrected chi connectivity index (χ0v) is 13.5. The topological polar surface area (TPSA) is 135 Å². The Labute approximate surface area is 144 Å². The first kappa shape index (κ1) is 16.3. The minimum absolute atomic E-state index is 0.0122. The van der Waals surface area contributed by atoms with Crippen molar-refractivity contribution in [1.29, 1.82) is 10.8 Å². The monoisotopic (exact) mass is 335 g/mol. The first-order valence-corrected chi connectivity index (χ1v) is 7.44. The highest BCUT2D eigenvalue weighted by atomic mass is 16.5. The van der Waals surface area contributed by atoms with E-state index in [1.165, 1.54) is 0 Å². The Bertz CT molecular complexity index is 944. The maximum Gasteiger partial charge on any atom is 0.171 e. The highest BCUT2D eigenvalue weighted by molar-refractivity contribution is 5.97. The number of methoxy groups -OCH3 is 1. The van der Waals surface area contributed by atoms with E-state index in [0.717, 1.165) is 5.56 Å². The van der Waals surface area contributed by atoms with Crippen LogP contribution < -0.4 is 16.2 Å². The van der Waals surface area contributed by atoms with Crippen molar-refractivity contribution < 1.29 is 9.26 Å². The van der Waals surface area contributed by atoms with Gasteiger partial charge in [0.15, 0.2) is 5.76 Å². The summed E-state index contributed by atoms with van der Waals surface area (Å²) in [6.45, 7) is 0. The molecule has 1 heterocycles. The van der Waals surface area contributed by atoms with E-state index in [2.05, 4.69) is 5.16 Å². The zero-order chi connectivity index (χ0) is 18.0. The van der Waals surface area contributed by atoms with E-state index >= 15 is 0 Å². The second-order valence-electron chi connectivity index (χ2n) is 5.40. The van der Waals surface area contributed by atoms with Gasteiger partial charge in [-0.25, -0.2) is 0 Å². The molecule has 0 unspecified atom stereocenters. The van der Waals surface area contributed by atoms with Gasteiger partial charge in [0, 0.05) is 22.8 Å². The van der Waals surface area contributed by atoms with Crippen LogP contribution in [0.1, 0.15) is 11.1 Å². The van der Waals surface area contributed by atoms with Gasteiger partial charge in [0.2, 0.25) is 0 Å². The molecule has 2 aromatic carbocycles. The highest BCUT2D eigenvalue weighted by Gasteiger charge is 2.15. The molecule has 0 spiro atoms. The van der Waals surface area contributed by atoms with E-state index in [-0.39, 0.29) is 11.7 Å². The van der Waals surface area contributed by atoms with Gasteiger partial charge in [-0.05, 0) is 18.2 Å². The van der Waals surface area contributed by atoms with Crippen molar-refractivity contribution in [3.63, 3.8) is 0 Å². The summed E-state index contributed by atoms with van der Waals surface area (Å²) >= 11 is 0. The lowest BCUT2D eigenvalue weighted by Gasteiger charge is -2.07. The molecule has 3 rings (SSSR count). The Balaban J connectivity index is 2.00. The molecule has 0 saturated heterocycles. The molecule has 0 aliphatic heterocycles. The second-order valence-corrected chi connectivity index (χ2v) is 5.40. The number of amidine groups is 2. The standard InChI is InChI=1S/C18H17N5O2/c1-24-15-7-6-12(18(21)22)8-13(15)16-9-14(23-25-16)10-2-4-11(5-3-10)17(19)20/h2-9H,1H3,(H3,19,20)(H3,21,22). The van der Waals surface area contributed by atoms with Gasteiger partial charge in [0.25, 0.3) is 0 Å². The van der Waals surface area contributed by atoms with Crippen LogP contribution in [0.25, 0.3) is 22.6 Å². The smallest absolute Gasteiger partial charge is 0.171 e. The summed E-state index contributed by atoms with van der Waals surface area (Å²) in [4.78, 5) is 0. The third-order valence-electron chi connectivity index (χ3n) is 3.78. The molecular weight excluding hydrogens is 318 g/mol. The zero-order valence-electron chi connectivity index (χ0n) is 13.5. The van der Waals surface area contributed by atoms with Crippen LogP contribution in [0.5, 0.6) is 5.75 Å². The molecule has 0 fully saturated rings. The summed E-state index contributed by atoms with van der Waals surface area (Å²) in [6, 6.07) is 14.1. The normalized spacial score (nSPS) is 10.4. The van der Waals surface area contributed by atoms with Crippen molar-refractivity contribution in [2.24, 2.45) is 11.5 Å². The maximum absolute atomic E-state index is 7.58. The van der Waals surface area contributed by atoms with E-state index in [9.17, 15) is 0 Å². The van der Waals surface area contributed by atoms with E-state index in [0.29, 0.717) is 33.9 Å². The Kier molecular flexibility index (Phi) is 4.21. The SMILES string of the molecule is COc1ccc(C(=N)N)cc1-c1cc(-c2ccc(C(=N)N)cc2)no1. The predicted molar refractivity (Wildman–Crippen MR) is 96.0 cm³/mol. The molecule has 0 radical (unpaired) electrons. The van der Waals surface area contributed by atoms with Gasteiger partial charge in [0.1, 0.15) is 23.1 Å². The van der Waals surface area contributed by atoms with Crippen LogP contribution in [-0.2, 0) is 0 Å². The van der Waals surface area contributed by atoms with Crippen LogP contribution >= 0.6 is 0 Å². The number of hydrogen-bond acceptors (Lipinski definition) is 5. The summed E-state index contributed by atoms with van der Waals surface area (Å²) in [5.41, 5.74) is 14.4. The number of nitrogens with two attached hydrogens (primary N) is 2. The first-order valence-electron chi connectivity index (χ1n) is 7.44. The second kappa shape index (κ2) is 6.48. The van der Waals surface area contributed by atoms with Crippen molar-refractivity contribution in [3.05, 3.63) is 59.7 Å². The number of nitrogens with zero attached hydrogens (tertiary/aromatic N) is 1. The molecule has 25 heavy (non-hydrogen) atoms. The molecule has 7 nitrogen and oxygen atoms in total. The fourth-order valence-corrected chi connectivity index (χ4v) is 2.43. The summed E-state index contributed by atoms with van der Waals surface area (Å²) in [6.07, 6.45) is 0. The molecule has 3 aromatic rings. The van der Waals surface area contributed by atoms with Gasteiger partial charge in [-0.2, -0.15) is 0 Å². The van der Waals surface area contributed by atoms with Gasteiger partial charge < -0.3 is 20.7 Å². The number of aromatic nitrogens is 1. The summed E-state index contributed by atoms with van der Waals surface area (Å²) < 4.78 is 10.8. The van der Waals surface area contributed by atoms with E-state index in [1.807, 2.05) is 12.1 Å². The van der Waals surface area contributed by atoms with Crippen molar-refractivity contribution in [2.45, 2.75) is 0 Å². The van der Waals surface area contributed by atoms with Gasteiger partial charge in [-0.15, -0.1) is 0 Å². The number of nitrogen functional groups attached to an aromatic ring is 2. The third kappa shape index (κ3) is 3.20. The Hall–Kier alpha value is -3.61. The molecule has 0 bridgehead atoms. The summed E-state index contributed by atoms with van der Waals surface area (Å²) in [5.74, 6) is 1.08. The Morgan fingerprint density at radius 3 is 2.20 bits per heavy atom. The number of rotatable bonds is 5. The third-order valence-corrected chi connectivity index (χ3v) is 3.78. The quantitative estimate of drug-likeness (QED) is 0.420. The number of ether oxygens (including phenoxy) is 1. The molecule has 0 aliphatic carbocycles. The number of nitrogens with one attached hydrogen (secondary N) is 2. The Morgan fingerprint density at radius 2 is 1.60 bits per heavy atom. The minimum atomic E-state index is -0.0385. The lowest BCUT2D eigenvalue weighted by Crippen LogP contribution is -2.11. The lowest BCUT2D eigenvalue weighted by molar-refractivity contribution is 0.407. The molecule has 0 amide bonds. The predicted octanol–water partition coefficient (Wildman–Crippen LogP) is 2.59. The first-order chi connectivity index (χ1) is 12.0. The molecule has 126 valence electrons. The van der Waals surface area contributed by atoms with Crippen molar-refractivity contribution in [3.8, 4) is 28.3 Å².